The van der Waals surface area contributed by atoms with Gasteiger partial charge in [-0.2, -0.15) is 5.26 Å². The molecule has 2 unspecified atom stereocenters. The quantitative estimate of drug-likeness (QED) is 0.552. The van der Waals surface area contributed by atoms with Crippen LogP contribution in [0.2, 0.25) is 0 Å². The number of hydrogen-bond donors (Lipinski definition) is 0. The molecule has 0 saturated heterocycles. The topological polar surface area (TPSA) is 84.2 Å². The Labute approximate surface area is 153 Å². The Kier molecular flexibility index (Phi) is 6.70. The van der Waals surface area contributed by atoms with Gasteiger partial charge < -0.3 is 4.74 Å². The zero-order valence-corrected chi connectivity index (χ0v) is 15.1. The summed E-state index contributed by atoms with van der Waals surface area (Å²) in [7, 11) is -2.60. The van der Waals surface area contributed by atoms with E-state index in [2.05, 4.69) is 4.74 Å². The van der Waals surface area contributed by atoms with E-state index in [4.69, 9.17) is 0 Å². The number of methoxy groups -OCH3 is 1. The maximum absolute atomic E-state index is 13.0. The highest BCUT2D eigenvalue weighted by molar-refractivity contribution is 7.92. The molecule has 0 radical (unpaired) electrons. The Morgan fingerprint density at radius 2 is 1.69 bits per heavy atom. The van der Waals surface area contributed by atoms with Crippen LogP contribution in [-0.2, 0) is 19.4 Å². The molecule has 0 spiro atoms. The van der Waals surface area contributed by atoms with Gasteiger partial charge in [-0.3, -0.25) is 0 Å². The minimum absolute atomic E-state index is 0.101. The van der Waals surface area contributed by atoms with Crippen LogP contribution < -0.4 is 0 Å². The molecule has 0 heterocycles. The summed E-state index contributed by atoms with van der Waals surface area (Å²) in [6.07, 6.45) is 2.98. The van der Waals surface area contributed by atoms with Gasteiger partial charge in [-0.15, -0.1) is 0 Å². The summed E-state index contributed by atoms with van der Waals surface area (Å²) in [4.78, 5) is 11.4. The summed E-state index contributed by atoms with van der Waals surface area (Å²) in [6, 6.07) is 18.8. The first-order valence-electron chi connectivity index (χ1n) is 7.98. The van der Waals surface area contributed by atoms with Gasteiger partial charge in [-0.1, -0.05) is 54.6 Å². The molecule has 0 bridgehead atoms. The second-order valence-electron chi connectivity index (χ2n) is 5.59. The van der Waals surface area contributed by atoms with E-state index in [1.165, 1.54) is 31.4 Å². The number of ether oxygens (including phenoxy) is 1. The van der Waals surface area contributed by atoms with E-state index in [1.54, 1.807) is 42.5 Å². The Morgan fingerprint density at radius 3 is 2.23 bits per heavy atom. The Balaban J connectivity index is 2.43. The van der Waals surface area contributed by atoms with E-state index >= 15 is 0 Å². The lowest BCUT2D eigenvalue weighted by molar-refractivity contribution is -0.134. The molecule has 0 fully saturated rings. The first-order chi connectivity index (χ1) is 12.5. The van der Waals surface area contributed by atoms with Crippen LogP contribution in [0.1, 0.15) is 17.9 Å². The maximum atomic E-state index is 13.0. The zero-order chi connectivity index (χ0) is 19.0. The molecule has 0 N–H and O–H groups in total. The third kappa shape index (κ3) is 4.58. The van der Waals surface area contributed by atoms with Crippen molar-refractivity contribution in [2.75, 3.05) is 7.11 Å². The molecule has 0 amide bonds. The molecule has 2 aromatic rings. The molecule has 0 aliphatic carbocycles. The van der Waals surface area contributed by atoms with Crippen LogP contribution in [0.15, 0.2) is 77.7 Å². The largest absolute Gasteiger partial charge is 0.466 e. The summed E-state index contributed by atoms with van der Waals surface area (Å²) in [5.74, 6) is -1.15. The van der Waals surface area contributed by atoms with Crippen LogP contribution in [0.4, 0.5) is 0 Å². The Morgan fingerprint density at radius 1 is 1.12 bits per heavy atom. The molecule has 0 aliphatic rings. The van der Waals surface area contributed by atoms with Crippen LogP contribution in [0.3, 0.4) is 0 Å². The van der Waals surface area contributed by atoms with Crippen molar-refractivity contribution in [1.82, 2.24) is 0 Å². The molecular weight excluding hydrogens is 350 g/mol. The SMILES string of the molecule is COC(=O)/C=C/CC(c1ccccc1)C(C#N)S(=O)(=O)c1ccccc1. The molecule has 2 atom stereocenters. The third-order valence-electron chi connectivity index (χ3n) is 3.97. The lowest BCUT2D eigenvalue weighted by Gasteiger charge is -2.21. The lowest BCUT2D eigenvalue weighted by atomic mass is 9.92. The molecule has 2 rings (SSSR count). The normalized spacial score (nSPS) is 13.7. The van der Waals surface area contributed by atoms with Crippen molar-refractivity contribution in [3.05, 3.63) is 78.4 Å². The van der Waals surface area contributed by atoms with Crippen LogP contribution >= 0.6 is 0 Å². The van der Waals surface area contributed by atoms with Crippen molar-refractivity contribution < 1.29 is 17.9 Å². The van der Waals surface area contributed by atoms with Gasteiger partial charge in [0.2, 0.25) is 0 Å². The first-order valence-corrected chi connectivity index (χ1v) is 9.53. The molecule has 0 saturated carbocycles. The number of hydrogen-bond acceptors (Lipinski definition) is 5. The monoisotopic (exact) mass is 369 g/mol. The molecule has 26 heavy (non-hydrogen) atoms. The first kappa shape index (κ1) is 19.4. The van der Waals surface area contributed by atoms with Crippen molar-refractivity contribution in [3.8, 4) is 6.07 Å². The molecule has 0 aromatic heterocycles. The van der Waals surface area contributed by atoms with Crippen LogP contribution in [0.5, 0.6) is 0 Å². The second-order valence-corrected chi connectivity index (χ2v) is 7.66. The number of esters is 1. The van der Waals surface area contributed by atoms with Crippen molar-refractivity contribution in [2.24, 2.45) is 0 Å². The number of sulfone groups is 1. The molecule has 6 heteroatoms. The second kappa shape index (κ2) is 8.97. The zero-order valence-electron chi connectivity index (χ0n) is 14.3. The fourth-order valence-corrected chi connectivity index (χ4v) is 4.32. The van der Waals surface area contributed by atoms with Crippen LogP contribution in [0.25, 0.3) is 0 Å². The van der Waals surface area contributed by atoms with Gasteiger partial charge >= 0.3 is 5.97 Å². The average molecular weight is 369 g/mol. The summed E-state index contributed by atoms with van der Waals surface area (Å²) >= 11 is 0. The predicted octanol–water partition coefficient (Wildman–Crippen LogP) is 3.26. The van der Waals surface area contributed by atoms with Gasteiger partial charge in [0.25, 0.3) is 0 Å². The van der Waals surface area contributed by atoms with Gasteiger partial charge in [0.15, 0.2) is 15.1 Å². The summed E-state index contributed by atoms with van der Waals surface area (Å²) < 4.78 is 30.5. The van der Waals surface area contributed by atoms with E-state index in [-0.39, 0.29) is 11.3 Å². The summed E-state index contributed by atoms with van der Waals surface area (Å²) in [5, 5.41) is 8.38. The minimum atomic E-state index is -3.87. The number of carbonyl (C=O) groups excluding carboxylic acids is 1. The molecule has 0 aliphatic heterocycles. The van der Waals surface area contributed by atoms with E-state index in [0.29, 0.717) is 5.56 Å². The number of carbonyl (C=O) groups is 1. The van der Waals surface area contributed by atoms with Crippen molar-refractivity contribution in [1.29, 1.82) is 5.26 Å². The van der Waals surface area contributed by atoms with Gasteiger partial charge in [-0.05, 0) is 24.1 Å². The lowest BCUT2D eigenvalue weighted by Crippen LogP contribution is -2.27. The van der Waals surface area contributed by atoms with Crippen LogP contribution in [-0.4, -0.2) is 26.7 Å². The highest BCUT2D eigenvalue weighted by Crippen LogP contribution is 2.31. The predicted molar refractivity (Wildman–Crippen MR) is 98.0 cm³/mol. The van der Waals surface area contributed by atoms with Gasteiger partial charge in [0, 0.05) is 12.0 Å². The Bertz CT molecular complexity index is 900. The minimum Gasteiger partial charge on any atom is -0.466 e. The fraction of sp³-hybridized carbons (Fsp3) is 0.200. The molecule has 2 aromatic carbocycles. The standard InChI is InChI=1S/C20H19NO4S/c1-25-20(22)14-8-13-18(16-9-4-2-5-10-16)19(15-21)26(23,24)17-11-6-3-7-12-17/h2-12,14,18-19H,13H2,1H3/b14-8+. The highest BCUT2D eigenvalue weighted by atomic mass is 32.2. The highest BCUT2D eigenvalue weighted by Gasteiger charge is 2.35. The Hall–Kier alpha value is -2.91. The van der Waals surface area contributed by atoms with E-state index in [1.807, 2.05) is 12.1 Å². The van der Waals surface area contributed by atoms with Gasteiger partial charge in [0.05, 0.1) is 18.1 Å². The van der Waals surface area contributed by atoms with E-state index < -0.39 is 27.0 Å². The summed E-state index contributed by atoms with van der Waals surface area (Å²) in [5.41, 5.74) is 0.716. The molecule has 5 nitrogen and oxygen atoms in total. The number of benzene rings is 2. The third-order valence-corrected chi connectivity index (χ3v) is 6.00. The molecule has 134 valence electrons. The number of nitrogens with zero attached hydrogens (tertiary/aromatic N) is 1. The number of nitriles is 1. The number of allylic oxidation sites excluding steroid dienone is 1. The van der Waals surface area contributed by atoms with Crippen LogP contribution in [0, 0.1) is 11.3 Å². The van der Waals surface area contributed by atoms with E-state index in [9.17, 15) is 18.5 Å². The average Bonchev–Trinajstić information content (AvgIpc) is 2.68. The summed E-state index contributed by atoms with van der Waals surface area (Å²) in [6.45, 7) is 0. The van der Waals surface area contributed by atoms with Gasteiger partial charge in [0.1, 0.15) is 0 Å². The van der Waals surface area contributed by atoms with Crippen molar-refractivity contribution >= 4 is 15.8 Å². The fourth-order valence-electron chi connectivity index (χ4n) is 2.65. The number of rotatable bonds is 7. The van der Waals surface area contributed by atoms with Gasteiger partial charge in [-0.25, -0.2) is 13.2 Å². The maximum Gasteiger partial charge on any atom is 0.330 e. The molecular formula is C20H19NO4S. The smallest absolute Gasteiger partial charge is 0.330 e. The van der Waals surface area contributed by atoms with E-state index in [0.717, 1.165) is 0 Å². The van der Waals surface area contributed by atoms with Crippen molar-refractivity contribution in [3.63, 3.8) is 0 Å². The van der Waals surface area contributed by atoms with Crippen molar-refractivity contribution in [2.45, 2.75) is 22.5 Å².